The summed E-state index contributed by atoms with van der Waals surface area (Å²) in [6, 6.07) is 0. The maximum absolute atomic E-state index is 11.7. The van der Waals surface area contributed by atoms with Crippen molar-refractivity contribution in [3.8, 4) is 0 Å². The Balaban J connectivity index is 0. The second-order valence-corrected chi connectivity index (χ2v) is 6.20. The summed E-state index contributed by atoms with van der Waals surface area (Å²) in [4.78, 5) is 14.1. The monoisotopic (exact) mass is 359 g/mol. The quantitative estimate of drug-likeness (QED) is 0.618. The van der Waals surface area contributed by atoms with Crippen LogP contribution in [0.4, 0.5) is 0 Å². The zero-order valence-corrected chi connectivity index (χ0v) is 15.7. The maximum Gasteiger partial charge on any atom is 0.230 e. The van der Waals surface area contributed by atoms with Gasteiger partial charge in [0.05, 0.1) is 5.75 Å². The van der Waals surface area contributed by atoms with Crippen molar-refractivity contribution in [3.05, 3.63) is 0 Å². The van der Waals surface area contributed by atoms with Crippen molar-refractivity contribution in [3.63, 3.8) is 0 Å². The second-order valence-electron chi connectivity index (χ2n) is 5.10. The highest BCUT2D eigenvalue weighted by Crippen LogP contribution is 2.08. The first kappa shape index (κ1) is 23.6. The van der Waals surface area contributed by atoms with Crippen molar-refractivity contribution in [1.82, 2.24) is 15.5 Å². The normalized spacial score (nSPS) is 17.8. The molecule has 128 valence electrons. The van der Waals surface area contributed by atoms with Gasteiger partial charge in [-0.15, -0.1) is 24.8 Å². The third-order valence-electron chi connectivity index (χ3n) is 3.67. The van der Waals surface area contributed by atoms with Crippen molar-refractivity contribution >= 4 is 42.5 Å². The van der Waals surface area contributed by atoms with E-state index in [9.17, 15) is 4.79 Å². The van der Waals surface area contributed by atoms with Crippen LogP contribution in [-0.4, -0.2) is 61.6 Å². The molecule has 0 aromatic carbocycles. The summed E-state index contributed by atoms with van der Waals surface area (Å²) >= 11 is 1.74. The molecule has 1 fully saturated rings. The number of thioether (sulfide) groups is 1. The van der Waals surface area contributed by atoms with Gasteiger partial charge in [-0.3, -0.25) is 4.79 Å². The van der Waals surface area contributed by atoms with Gasteiger partial charge < -0.3 is 15.5 Å². The van der Waals surface area contributed by atoms with Gasteiger partial charge in [0.15, 0.2) is 0 Å². The van der Waals surface area contributed by atoms with E-state index in [1.165, 1.54) is 12.8 Å². The molecule has 1 atom stereocenters. The molecule has 0 bridgehead atoms. The van der Waals surface area contributed by atoms with Crippen LogP contribution in [0.3, 0.4) is 0 Å². The number of carbonyl (C=O) groups excluding carboxylic acids is 1. The molecule has 7 heteroatoms. The molecule has 21 heavy (non-hydrogen) atoms. The third-order valence-corrected chi connectivity index (χ3v) is 4.60. The minimum Gasteiger partial charge on any atom is -0.355 e. The number of carbonyl (C=O) groups is 1. The lowest BCUT2D eigenvalue weighted by molar-refractivity contribution is -0.118. The summed E-state index contributed by atoms with van der Waals surface area (Å²) in [6.45, 7) is 10.6. The largest absolute Gasteiger partial charge is 0.355 e. The lowest BCUT2D eigenvalue weighted by Crippen LogP contribution is -2.38. The summed E-state index contributed by atoms with van der Waals surface area (Å²) in [5, 5.41) is 6.43. The van der Waals surface area contributed by atoms with Gasteiger partial charge in [0.25, 0.3) is 0 Å². The van der Waals surface area contributed by atoms with Crippen molar-refractivity contribution < 1.29 is 4.79 Å². The third kappa shape index (κ3) is 11.5. The fourth-order valence-corrected chi connectivity index (χ4v) is 3.12. The van der Waals surface area contributed by atoms with Crippen LogP contribution in [0.1, 0.15) is 26.7 Å². The number of nitrogens with zero attached hydrogens (tertiary/aromatic N) is 1. The molecule has 1 rings (SSSR count). The molecule has 1 saturated heterocycles. The number of hydrogen-bond acceptors (Lipinski definition) is 4. The van der Waals surface area contributed by atoms with E-state index in [1.807, 2.05) is 0 Å². The van der Waals surface area contributed by atoms with Crippen LogP contribution in [0.5, 0.6) is 0 Å². The first-order valence-electron chi connectivity index (χ1n) is 7.53. The van der Waals surface area contributed by atoms with E-state index in [4.69, 9.17) is 0 Å². The Morgan fingerprint density at radius 1 is 1.33 bits per heavy atom. The van der Waals surface area contributed by atoms with Crippen LogP contribution >= 0.6 is 36.6 Å². The second kappa shape index (κ2) is 15.2. The summed E-state index contributed by atoms with van der Waals surface area (Å²) in [7, 11) is 0. The average molecular weight is 360 g/mol. The SMILES string of the molecule is CCN(CC)CCSCC(=O)NCC1CCCNC1.Cl.Cl. The molecule has 0 aliphatic carbocycles. The van der Waals surface area contributed by atoms with Crippen molar-refractivity contribution in [1.29, 1.82) is 0 Å². The molecule has 0 radical (unpaired) electrons. The Morgan fingerprint density at radius 3 is 2.62 bits per heavy atom. The molecule has 0 spiro atoms. The van der Waals surface area contributed by atoms with E-state index in [2.05, 4.69) is 29.4 Å². The lowest BCUT2D eigenvalue weighted by atomic mass is 10.00. The number of hydrogen-bond donors (Lipinski definition) is 2. The molecule has 0 saturated carbocycles. The molecule has 1 aliphatic rings. The molecule has 0 aromatic rings. The standard InChI is InChI=1S/C14H29N3OS.2ClH/c1-3-17(4-2)8-9-19-12-14(18)16-11-13-6-5-7-15-10-13;;/h13,15H,3-12H2,1-2H3,(H,16,18);2*1H. The molecule has 4 nitrogen and oxygen atoms in total. The Morgan fingerprint density at radius 2 is 2.05 bits per heavy atom. The number of amides is 1. The summed E-state index contributed by atoms with van der Waals surface area (Å²) < 4.78 is 0. The van der Waals surface area contributed by atoms with E-state index in [1.54, 1.807) is 11.8 Å². The first-order valence-corrected chi connectivity index (χ1v) is 8.69. The highest BCUT2D eigenvalue weighted by molar-refractivity contribution is 7.99. The minimum atomic E-state index is 0. The molecule has 1 unspecified atom stereocenters. The van der Waals surface area contributed by atoms with Crippen molar-refractivity contribution in [2.24, 2.45) is 5.92 Å². The zero-order valence-electron chi connectivity index (χ0n) is 13.2. The smallest absolute Gasteiger partial charge is 0.230 e. The highest BCUT2D eigenvalue weighted by Gasteiger charge is 2.13. The number of rotatable bonds is 9. The Labute approximate surface area is 146 Å². The van der Waals surface area contributed by atoms with E-state index >= 15 is 0 Å². The first-order chi connectivity index (χ1) is 9.26. The molecular weight excluding hydrogens is 329 g/mol. The topological polar surface area (TPSA) is 44.4 Å². The molecule has 1 heterocycles. The van der Waals surface area contributed by atoms with Gasteiger partial charge in [-0.05, 0) is 44.9 Å². The summed E-state index contributed by atoms with van der Waals surface area (Å²) in [5.41, 5.74) is 0. The van der Waals surface area contributed by atoms with Crippen molar-refractivity contribution in [2.45, 2.75) is 26.7 Å². The molecule has 1 amide bonds. The van der Waals surface area contributed by atoms with E-state index in [0.29, 0.717) is 11.7 Å². The van der Waals surface area contributed by atoms with Crippen LogP contribution in [0.15, 0.2) is 0 Å². The molecular formula is C14H31Cl2N3OS. The summed E-state index contributed by atoms with van der Waals surface area (Å²) in [5.74, 6) is 2.45. The van der Waals surface area contributed by atoms with E-state index in [0.717, 1.165) is 45.0 Å². The van der Waals surface area contributed by atoms with Crippen molar-refractivity contribution in [2.75, 3.05) is 50.8 Å². The number of nitrogens with one attached hydrogen (secondary N) is 2. The van der Waals surface area contributed by atoms with Crippen LogP contribution in [0.25, 0.3) is 0 Å². The maximum atomic E-state index is 11.7. The van der Waals surface area contributed by atoms with Crippen LogP contribution in [-0.2, 0) is 4.79 Å². The minimum absolute atomic E-state index is 0. The van der Waals surface area contributed by atoms with E-state index in [-0.39, 0.29) is 30.7 Å². The molecule has 2 N–H and O–H groups in total. The van der Waals surface area contributed by atoms with Crippen LogP contribution < -0.4 is 10.6 Å². The Kier molecular flexibility index (Phi) is 17.1. The van der Waals surface area contributed by atoms with Gasteiger partial charge >= 0.3 is 0 Å². The van der Waals surface area contributed by atoms with Gasteiger partial charge in [-0.25, -0.2) is 0 Å². The van der Waals surface area contributed by atoms with E-state index < -0.39 is 0 Å². The van der Waals surface area contributed by atoms with Gasteiger partial charge in [-0.1, -0.05) is 13.8 Å². The summed E-state index contributed by atoms with van der Waals surface area (Å²) in [6.07, 6.45) is 2.47. The van der Waals surface area contributed by atoms with Gasteiger partial charge in [0.2, 0.25) is 5.91 Å². The van der Waals surface area contributed by atoms with Gasteiger partial charge in [-0.2, -0.15) is 11.8 Å². The molecule has 1 aliphatic heterocycles. The molecule has 0 aromatic heterocycles. The highest BCUT2D eigenvalue weighted by atomic mass is 35.5. The number of halogens is 2. The predicted molar refractivity (Wildman–Crippen MR) is 98.2 cm³/mol. The van der Waals surface area contributed by atoms with Gasteiger partial charge in [0, 0.05) is 18.8 Å². The average Bonchev–Trinajstić information content (AvgIpc) is 2.46. The Hall–Kier alpha value is 0.320. The van der Waals surface area contributed by atoms with Gasteiger partial charge in [0.1, 0.15) is 0 Å². The number of piperidine rings is 1. The fraction of sp³-hybridized carbons (Fsp3) is 0.929. The van der Waals surface area contributed by atoms with Crippen LogP contribution in [0.2, 0.25) is 0 Å². The zero-order chi connectivity index (χ0) is 13.9. The fourth-order valence-electron chi connectivity index (χ4n) is 2.31. The lowest BCUT2D eigenvalue weighted by Gasteiger charge is -2.22. The predicted octanol–water partition coefficient (Wildman–Crippen LogP) is 2.02. The van der Waals surface area contributed by atoms with Crippen LogP contribution in [0, 0.1) is 5.92 Å². The Bertz CT molecular complexity index is 250.